The molecule has 0 heterocycles. The largest absolute Gasteiger partial charge is 0.481 e. The van der Waals surface area contributed by atoms with Gasteiger partial charge in [0, 0.05) is 6.42 Å². The second kappa shape index (κ2) is 5.15. The van der Waals surface area contributed by atoms with E-state index in [4.69, 9.17) is 5.11 Å². The molecule has 0 saturated heterocycles. The van der Waals surface area contributed by atoms with Gasteiger partial charge < -0.3 is 5.11 Å². The first kappa shape index (κ1) is 12.8. The van der Waals surface area contributed by atoms with Crippen molar-refractivity contribution in [2.75, 3.05) is 0 Å². The molecular formula is C14H20O2. The molecule has 0 saturated carbocycles. The summed E-state index contributed by atoms with van der Waals surface area (Å²) in [6.07, 6.45) is 1.81. The van der Waals surface area contributed by atoms with Crippen molar-refractivity contribution in [3.8, 4) is 0 Å². The molecule has 0 radical (unpaired) electrons. The third-order valence-electron chi connectivity index (χ3n) is 2.66. The molecule has 88 valence electrons. The second-order valence-electron chi connectivity index (χ2n) is 5.15. The molecule has 1 N–H and O–H groups in total. The van der Waals surface area contributed by atoms with E-state index in [1.54, 1.807) is 0 Å². The van der Waals surface area contributed by atoms with Crippen LogP contribution >= 0.6 is 0 Å². The SMILES string of the molecule is CC(C)(C)c1ccccc1CCCC(=O)O. The molecule has 2 heteroatoms. The number of carboxylic acids is 1. The van der Waals surface area contributed by atoms with E-state index in [0.717, 1.165) is 6.42 Å². The molecule has 16 heavy (non-hydrogen) atoms. The standard InChI is InChI=1S/C14H20O2/c1-14(2,3)12-9-5-4-7-11(12)8-6-10-13(15)16/h4-5,7,9H,6,8,10H2,1-3H3,(H,15,16). The summed E-state index contributed by atoms with van der Waals surface area (Å²) in [5.74, 6) is -0.715. The maximum Gasteiger partial charge on any atom is 0.303 e. The molecular weight excluding hydrogens is 200 g/mol. The Morgan fingerprint density at radius 3 is 2.44 bits per heavy atom. The van der Waals surface area contributed by atoms with E-state index in [1.165, 1.54) is 11.1 Å². The summed E-state index contributed by atoms with van der Waals surface area (Å²) in [4.78, 5) is 10.5. The van der Waals surface area contributed by atoms with Crippen LogP contribution in [0.1, 0.15) is 44.7 Å². The highest BCUT2D eigenvalue weighted by molar-refractivity contribution is 5.66. The first-order valence-corrected chi connectivity index (χ1v) is 5.71. The Kier molecular flexibility index (Phi) is 4.11. The Morgan fingerprint density at radius 1 is 1.25 bits per heavy atom. The number of benzene rings is 1. The van der Waals surface area contributed by atoms with Crippen LogP contribution in [-0.2, 0) is 16.6 Å². The molecule has 0 aromatic heterocycles. The molecule has 1 aromatic rings. The smallest absolute Gasteiger partial charge is 0.303 e. The zero-order valence-corrected chi connectivity index (χ0v) is 10.3. The van der Waals surface area contributed by atoms with Gasteiger partial charge in [0.25, 0.3) is 0 Å². The van der Waals surface area contributed by atoms with Gasteiger partial charge in [0.1, 0.15) is 0 Å². The molecule has 2 nitrogen and oxygen atoms in total. The number of rotatable bonds is 4. The Hall–Kier alpha value is -1.31. The predicted molar refractivity (Wildman–Crippen MR) is 65.7 cm³/mol. The highest BCUT2D eigenvalue weighted by Gasteiger charge is 2.16. The summed E-state index contributed by atoms with van der Waals surface area (Å²) in [6.45, 7) is 6.55. The minimum Gasteiger partial charge on any atom is -0.481 e. The van der Waals surface area contributed by atoms with Crippen LogP contribution in [0, 0.1) is 0 Å². The van der Waals surface area contributed by atoms with Gasteiger partial charge in [-0.15, -0.1) is 0 Å². The third-order valence-corrected chi connectivity index (χ3v) is 2.66. The molecule has 0 amide bonds. The van der Waals surface area contributed by atoms with Crippen LogP contribution < -0.4 is 0 Å². The van der Waals surface area contributed by atoms with E-state index in [9.17, 15) is 4.79 Å². The minimum absolute atomic E-state index is 0.125. The van der Waals surface area contributed by atoms with Crippen molar-refractivity contribution in [1.82, 2.24) is 0 Å². The predicted octanol–water partition coefficient (Wildman–Crippen LogP) is 3.39. The summed E-state index contributed by atoms with van der Waals surface area (Å²) in [5.41, 5.74) is 2.72. The highest BCUT2D eigenvalue weighted by atomic mass is 16.4. The van der Waals surface area contributed by atoms with Crippen LogP contribution in [0.4, 0.5) is 0 Å². The summed E-state index contributed by atoms with van der Waals surface area (Å²) in [7, 11) is 0. The molecule has 0 aliphatic carbocycles. The monoisotopic (exact) mass is 220 g/mol. The van der Waals surface area contributed by atoms with E-state index in [1.807, 2.05) is 12.1 Å². The van der Waals surface area contributed by atoms with Gasteiger partial charge in [-0.2, -0.15) is 0 Å². The van der Waals surface area contributed by atoms with Crippen LogP contribution in [0.25, 0.3) is 0 Å². The summed E-state index contributed by atoms with van der Waals surface area (Å²) in [6, 6.07) is 8.30. The van der Waals surface area contributed by atoms with Gasteiger partial charge in [0.15, 0.2) is 0 Å². The fourth-order valence-corrected chi connectivity index (χ4v) is 1.90. The Balaban J connectivity index is 2.76. The molecule has 0 fully saturated rings. The maximum absolute atomic E-state index is 10.5. The van der Waals surface area contributed by atoms with Crippen LogP contribution in [0.2, 0.25) is 0 Å². The van der Waals surface area contributed by atoms with Gasteiger partial charge in [0.2, 0.25) is 0 Å². The number of hydrogen-bond acceptors (Lipinski definition) is 1. The van der Waals surface area contributed by atoms with Gasteiger partial charge in [-0.1, -0.05) is 45.0 Å². The Bertz CT molecular complexity index is 361. The Labute approximate surface area is 97.3 Å². The van der Waals surface area contributed by atoms with Crippen molar-refractivity contribution in [3.05, 3.63) is 35.4 Å². The summed E-state index contributed by atoms with van der Waals surface area (Å²) >= 11 is 0. The van der Waals surface area contributed by atoms with Crippen molar-refractivity contribution in [2.45, 2.75) is 45.4 Å². The lowest BCUT2D eigenvalue weighted by Gasteiger charge is -2.22. The van der Waals surface area contributed by atoms with E-state index in [-0.39, 0.29) is 11.8 Å². The third kappa shape index (κ3) is 3.69. The van der Waals surface area contributed by atoms with Crippen LogP contribution in [0.15, 0.2) is 24.3 Å². The lowest BCUT2D eigenvalue weighted by atomic mass is 9.82. The van der Waals surface area contributed by atoms with Crippen molar-refractivity contribution < 1.29 is 9.90 Å². The van der Waals surface area contributed by atoms with Crippen molar-refractivity contribution in [1.29, 1.82) is 0 Å². The van der Waals surface area contributed by atoms with Crippen molar-refractivity contribution in [3.63, 3.8) is 0 Å². The summed E-state index contributed by atoms with van der Waals surface area (Å²) in [5, 5.41) is 8.62. The molecule has 0 aliphatic rings. The molecule has 0 bridgehead atoms. The summed E-state index contributed by atoms with van der Waals surface area (Å²) < 4.78 is 0. The van der Waals surface area contributed by atoms with Gasteiger partial charge in [-0.25, -0.2) is 0 Å². The topological polar surface area (TPSA) is 37.3 Å². The van der Waals surface area contributed by atoms with E-state index < -0.39 is 5.97 Å². The van der Waals surface area contributed by atoms with Gasteiger partial charge in [0.05, 0.1) is 0 Å². The van der Waals surface area contributed by atoms with Crippen LogP contribution in [0.3, 0.4) is 0 Å². The highest BCUT2D eigenvalue weighted by Crippen LogP contribution is 2.26. The normalized spacial score (nSPS) is 11.4. The van der Waals surface area contributed by atoms with Gasteiger partial charge in [-0.05, 0) is 29.4 Å². The molecule has 0 spiro atoms. The van der Waals surface area contributed by atoms with E-state index >= 15 is 0 Å². The van der Waals surface area contributed by atoms with Crippen molar-refractivity contribution >= 4 is 5.97 Å². The van der Waals surface area contributed by atoms with Crippen molar-refractivity contribution in [2.24, 2.45) is 0 Å². The van der Waals surface area contributed by atoms with Crippen LogP contribution in [-0.4, -0.2) is 11.1 Å². The number of aliphatic carboxylic acids is 1. The first-order chi connectivity index (χ1) is 7.41. The first-order valence-electron chi connectivity index (χ1n) is 5.71. The average Bonchev–Trinajstić information content (AvgIpc) is 2.16. The number of carboxylic acid groups (broad SMARTS) is 1. The zero-order chi connectivity index (χ0) is 12.2. The molecule has 0 aliphatic heterocycles. The lowest BCUT2D eigenvalue weighted by Crippen LogP contribution is -2.14. The zero-order valence-electron chi connectivity index (χ0n) is 10.3. The number of aryl methyl sites for hydroxylation is 1. The number of hydrogen-bond donors (Lipinski definition) is 1. The molecule has 0 unspecified atom stereocenters. The fraction of sp³-hybridized carbons (Fsp3) is 0.500. The van der Waals surface area contributed by atoms with Crippen LogP contribution in [0.5, 0.6) is 0 Å². The van der Waals surface area contributed by atoms with E-state index in [2.05, 4.69) is 32.9 Å². The Morgan fingerprint density at radius 2 is 1.88 bits per heavy atom. The fourth-order valence-electron chi connectivity index (χ4n) is 1.90. The lowest BCUT2D eigenvalue weighted by molar-refractivity contribution is -0.137. The molecule has 1 aromatic carbocycles. The quantitative estimate of drug-likeness (QED) is 0.844. The van der Waals surface area contributed by atoms with Gasteiger partial charge >= 0.3 is 5.97 Å². The maximum atomic E-state index is 10.5. The minimum atomic E-state index is -0.715. The number of carbonyl (C=O) groups is 1. The van der Waals surface area contributed by atoms with Gasteiger partial charge in [-0.3, -0.25) is 4.79 Å². The van der Waals surface area contributed by atoms with E-state index in [0.29, 0.717) is 6.42 Å². The molecule has 1 rings (SSSR count). The second-order valence-corrected chi connectivity index (χ2v) is 5.15. The molecule has 0 atom stereocenters. The average molecular weight is 220 g/mol.